The quantitative estimate of drug-likeness (QED) is 0.788. The molecule has 74 valence electrons. The van der Waals surface area contributed by atoms with Gasteiger partial charge in [-0.25, -0.2) is 4.98 Å². The Labute approximate surface area is 86.9 Å². The van der Waals surface area contributed by atoms with E-state index in [2.05, 4.69) is 11.9 Å². The van der Waals surface area contributed by atoms with Gasteiger partial charge in [0.15, 0.2) is 5.13 Å². The lowest BCUT2D eigenvalue weighted by atomic mass is 10.3. The number of thiazole rings is 1. The van der Waals surface area contributed by atoms with Gasteiger partial charge in [-0.2, -0.15) is 11.8 Å². The van der Waals surface area contributed by atoms with Crippen molar-refractivity contribution in [3.63, 3.8) is 0 Å². The number of hydrogen-bond donors (Lipinski definition) is 2. The summed E-state index contributed by atoms with van der Waals surface area (Å²) in [4.78, 5) is 4.17. The van der Waals surface area contributed by atoms with Gasteiger partial charge in [0.25, 0.3) is 0 Å². The van der Waals surface area contributed by atoms with Crippen molar-refractivity contribution in [1.82, 2.24) is 4.98 Å². The number of rotatable bonds is 5. The Kier molecular flexibility index (Phi) is 4.55. The average Bonchev–Trinajstić information content (AvgIpc) is 2.51. The lowest BCUT2D eigenvalue weighted by molar-refractivity contribution is 0.724. The minimum atomic E-state index is 0.306. The Morgan fingerprint density at radius 1 is 1.69 bits per heavy atom. The minimum Gasteiger partial charge on any atom is -0.375 e. The molecule has 1 aromatic heterocycles. The summed E-state index contributed by atoms with van der Waals surface area (Å²) in [6.45, 7) is 2.10. The van der Waals surface area contributed by atoms with Crippen molar-refractivity contribution < 1.29 is 0 Å². The summed E-state index contributed by atoms with van der Waals surface area (Å²) in [5.41, 5.74) is 12.4. The van der Waals surface area contributed by atoms with Crippen molar-refractivity contribution in [2.75, 3.05) is 11.5 Å². The van der Waals surface area contributed by atoms with Crippen molar-refractivity contribution in [1.29, 1.82) is 0 Å². The highest BCUT2D eigenvalue weighted by molar-refractivity contribution is 7.98. The second-order valence-electron chi connectivity index (χ2n) is 2.86. The predicted octanol–water partition coefficient (Wildman–Crippen LogP) is 1.70. The first kappa shape index (κ1) is 10.8. The summed E-state index contributed by atoms with van der Waals surface area (Å²) in [5, 5.41) is 2.65. The topological polar surface area (TPSA) is 64.9 Å². The standard InChI is InChI=1S/C8H15N3S2/c1-2-6(9)3-12-4-7-5-13-8(10)11-7/h5-6H,2-4,9H2,1H3,(H2,10,11). The van der Waals surface area contributed by atoms with Crippen LogP contribution in [0.4, 0.5) is 5.13 Å². The number of aromatic nitrogens is 1. The van der Waals surface area contributed by atoms with Crippen LogP contribution in [-0.2, 0) is 5.75 Å². The maximum atomic E-state index is 5.78. The zero-order valence-electron chi connectivity index (χ0n) is 7.69. The third-order valence-corrected chi connectivity index (χ3v) is 3.56. The zero-order valence-corrected chi connectivity index (χ0v) is 9.33. The third-order valence-electron chi connectivity index (χ3n) is 1.68. The van der Waals surface area contributed by atoms with E-state index in [0.717, 1.165) is 23.6 Å². The molecule has 0 spiro atoms. The summed E-state index contributed by atoms with van der Waals surface area (Å²) in [6.07, 6.45) is 1.03. The van der Waals surface area contributed by atoms with Crippen LogP contribution >= 0.6 is 23.1 Å². The molecule has 1 unspecified atom stereocenters. The van der Waals surface area contributed by atoms with Crippen LogP contribution in [0.2, 0.25) is 0 Å². The van der Waals surface area contributed by atoms with Crippen LogP contribution in [0.3, 0.4) is 0 Å². The summed E-state index contributed by atoms with van der Waals surface area (Å²) in [6, 6.07) is 0.306. The molecule has 0 aromatic carbocycles. The highest BCUT2D eigenvalue weighted by Gasteiger charge is 2.01. The largest absolute Gasteiger partial charge is 0.375 e. The molecule has 13 heavy (non-hydrogen) atoms. The first-order valence-corrected chi connectivity index (χ1v) is 6.29. The molecule has 0 fully saturated rings. The molecule has 1 aromatic rings. The second-order valence-corrected chi connectivity index (χ2v) is 4.78. The molecule has 0 aliphatic rings. The number of anilines is 1. The van der Waals surface area contributed by atoms with Gasteiger partial charge in [0.05, 0.1) is 5.69 Å². The fourth-order valence-corrected chi connectivity index (χ4v) is 2.50. The normalized spacial score (nSPS) is 13.1. The lowest BCUT2D eigenvalue weighted by Crippen LogP contribution is -2.21. The molecular weight excluding hydrogens is 202 g/mol. The van der Waals surface area contributed by atoms with Crippen LogP contribution in [0, 0.1) is 0 Å². The van der Waals surface area contributed by atoms with Gasteiger partial charge in [-0.1, -0.05) is 6.92 Å². The first-order valence-electron chi connectivity index (χ1n) is 4.25. The third kappa shape index (κ3) is 3.97. The number of nitrogen functional groups attached to an aromatic ring is 1. The van der Waals surface area contributed by atoms with Crippen LogP contribution in [-0.4, -0.2) is 16.8 Å². The SMILES string of the molecule is CCC(N)CSCc1csc(N)n1. The average molecular weight is 217 g/mol. The van der Waals surface area contributed by atoms with Crippen LogP contribution in [0.1, 0.15) is 19.0 Å². The molecule has 5 heteroatoms. The van der Waals surface area contributed by atoms with Gasteiger partial charge in [-0.05, 0) is 6.42 Å². The van der Waals surface area contributed by atoms with Gasteiger partial charge in [0, 0.05) is 22.9 Å². The van der Waals surface area contributed by atoms with Gasteiger partial charge < -0.3 is 11.5 Å². The Balaban J connectivity index is 2.20. The number of nitrogens with two attached hydrogens (primary N) is 2. The van der Waals surface area contributed by atoms with Crippen molar-refractivity contribution >= 4 is 28.2 Å². The van der Waals surface area contributed by atoms with Gasteiger partial charge >= 0.3 is 0 Å². The Morgan fingerprint density at radius 3 is 3.00 bits per heavy atom. The van der Waals surface area contributed by atoms with Crippen molar-refractivity contribution in [3.05, 3.63) is 11.1 Å². The van der Waals surface area contributed by atoms with Gasteiger partial charge in [0.1, 0.15) is 0 Å². The molecule has 1 atom stereocenters. The Morgan fingerprint density at radius 2 is 2.46 bits per heavy atom. The molecule has 0 bridgehead atoms. The summed E-state index contributed by atoms with van der Waals surface area (Å²) in [7, 11) is 0. The highest BCUT2D eigenvalue weighted by atomic mass is 32.2. The molecule has 1 heterocycles. The zero-order chi connectivity index (χ0) is 9.68. The van der Waals surface area contributed by atoms with Gasteiger partial charge in [-0.15, -0.1) is 11.3 Å². The second kappa shape index (κ2) is 5.47. The van der Waals surface area contributed by atoms with E-state index in [9.17, 15) is 0 Å². The van der Waals surface area contributed by atoms with E-state index in [4.69, 9.17) is 11.5 Å². The number of hydrogen-bond acceptors (Lipinski definition) is 5. The molecule has 4 N–H and O–H groups in total. The summed E-state index contributed by atoms with van der Waals surface area (Å²) < 4.78 is 0. The molecule has 0 amide bonds. The Hall–Kier alpha value is -0.260. The molecule has 1 rings (SSSR count). The predicted molar refractivity (Wildman–Crippen MR) is 61.0 cm³/mol. The van der Waals surface area contributed by atoms with Crippen molar-refractivity contribution in [3.8, 4) is 0 Å². The molecule has 0 saturated carbocycles. The van der Waals surface area contributed by atoms with Crippen molar-refractivity contribution in [2.45, 2.75) is 25.1 Å². The summed E-state index contributed by atoms with van der Waals surface area (Å²) in [5.74, 6) is 1.91. The maximum absolute atomic E-state index is 5.78. The van der Waals surface area contributed by atoms with E-state index in [0.29, 0.717) is 11.2 Å². The van der Waals surface area contributed by atoms with E-state index >= 15 is 0 Å². The summed E-state index contributed by atoms with van der Waals surface area (Å²) >= 11 is 3.31. The number of nitrogens with zero attached hydrogens (tertiary/aromatic N) is 1. The van der Waals surface area contributed by atoms with E-state index in [-0.39, 0.29) is 0 Å². The monoisotopic (exact) mass is 217 g/mol. The molecule has 0 saturated heterocycles. The fourth-order valence-electron chi connectivity index (χ4n) is 0.822. The van der Waals surface area contributed by atoms with Crippen LogP contribution in [0.25, 0.3) is 0 Å². The lowest BCUT2D eigenvalue weighted by Gasteiger charge is -2.06. The molecule has 0 aliphatic carbocycles. The first-order chi connectivity index (χ1) is 6.22. The van der Waals surface area contributed by atoms with Crippen LogP contribution in [0.15, 0.2) is 5.38 Å². The van der Waals surface area contributed by atoms with Crippen molar-refractivity contribution in [2.24, 2.45) is 5.73 Å². The van der Waals surface area contributed by atoms with Crippen LogP contribution in [0.5, 0.6) is 0 Å². The molecule has 0 radical (unpaired) electrons. The smallest absolute Gasteiger partial charge is 0.180 e. The van der Waals surface area contributed by atoms with E-state index < -0.39 is 0 Å². The fraction of sp³-hybridized carbons (Fsp3) is 0.625. The number of thioether (sulfide) groups is 1. The van der Waals surface area contributed by atoms with Gasteiger partial charge in [-0.3, -0.25) is 0 Å². The molecule has 3 nitrogen and oxygen atoms in total. The molecule has 0 aliphatic heterocycles. The maximum Gasteiger partial charge on any atom is 0.180 e. The minimum absolute atomic E-state index is 0.306. The molecular formula is C8H15N3S2. The van der Waals surface area contributed by atoms with E-state index in [1.165, 1.54) is 11.3 Å². The van der Waals surface area contributed by atoms with Crippen LogP contribution < -0.4 is 11.5 Å². The van der Waals surface area contributed by atoms with Gasteiger partial charge in [0.2, 0.25) is 0 Å². The van der Waals surface area contributed by atoms with E-state index in [1.807, 2.05) is 17.1 Å². The Bertz CT molecular complexity index is 249. The van der Waals surface area contributed by atoms with E-state index in [1.54, 1.807) is 0 Å². The highest BCUT2D eigenvalue weighted by Crippen LogP contribution is 2.17.